The van der Waals surface area contributed by atoms with Gasteiger partial charge in [0.05, 0.1) is 6.10 Å². The van der Waals surface area contributed by atoms with Crippen molar-refractivity contribution in [2.75, 3.05) is 6.54 Å². The number of aliphatic hydroxyl groups excluding tert-OH is 1. The fourth-order valence-electron chi connectivity index (χ4n) is 2.64. The largest absolute Gasteiger partial charge is 0.481 e. The minimum absolute atomic E-state index is 0.245. The van der Waals surface area contributed by atoms with Gasteiger partial charge < -0.3 is 15.9 Å². The van der Waals surface area contributed by atoms with Crippen LogP contribution in [0.25, 0.3) is 0 Å². The maximum absolute atomic E-state index is 10.6. The van der Waals surface area contributed by atoms with Gasteiger partial charge in [-0.2, -0.15) is 0 Å². The van der Waals surface area contributed by atoms with E-state index in [1.165, 1.54) is 12.8 Å². The molecule has 0 bridgehead atoms. The number of carboxylic acids is 1. The molecule has 0 saturated carbocycles. The van der Waals surface area contributed by atoms with Gasteiger partial charge in [-0.25, -0.2) is 0 Å². The number of rotatable bonds is 15. The van der Waals surface area contributed by atoms with Crippen molar-refractivity contribution >= 4 is 5.97 Å². The van der Waals surface area contributed by atoms with Crippen LogP contribution in [0.1, 0.15) is 77.6 Å². The Kier molecular flexibility index (Phi) is 14.4. The lowest BCUT2D eigenvalue weighted by Gasteiger charge is -2.14. The molecule has 0 aromatic carbocycles. The normalized spacial score (nSPS) is 14.3. The molecule has 0 aliphatic carbocycles. The van der Waals surface area contributed by atoms with Gasteiger partial charge in [0.25, 0.3) is 0 Å². The lowest BCUT2D eigenvalue weighted by atomic mass is 9.93. The highest BCUT2D eigenvalue weighted by Crippen LogP contribution is 2.19. The van der Waals surface area contributed by atoms with Gasteiger partial charge in [0.15, 0.2) is 0 Å². The zero-order valence-corrected chi connectivity index (χ0v) is 14.2. The molecule has 22 heavy (non-hydrogen) atoms. The molecular weight excluding hydrogens is 278 g/mol. The van der Waals surface area contributed by atoms with Crippen molar-refractivity contribution in [3.05, 3.63) is 12.2 Å². The van der Waals surface area contributed by atoms with Crippen LogP contribution in [0.3, 0.4) is 0 Å². The molecule has 0 fully saturated rings. The number of allylic oxidation sites excluding steroid dienone is 1. The summed E-state index contributed by atoms with van der Waals surface area (Å²) >= 11 is 0. The third kappa shape index (κ3) is 14.1. The third-order valence-electron chi connectivity index (χ3n) is 4.04. The first-order valence-electron chi connectivity index (χ1n) is 8.86. The van der Waals surface area contributed by atoms with Gasteiger partial charge in [0.1, 0.15) is 0 Å². The fraction of sp³-hybridized carbons (Fsp3) is 0.833. The molecule has 0 saturated heterocycles. The monoisotopic (exact) mass is 313 g/mol. The molecule has 0 heterocycles. The molecule has 4 N–H and O–H groups in total. The van der Waals surface area contributed by atoms with Gasteiger partial charge in [-0.1, -0.05) is 51.2 Å². The van der Waals surface area contributed by atoms with Crippen LogP contribution in [0.15, 0.2) is 12.2 Å². The minimum atomic E-state index is -0.720. The molecule has 0 amide bonds. The van der Waals surface area contributed by atoms with Crippen LogP contribution in [0.5, 0.6) is 0 Å². The van der Waals surface area contributed by atoms with Crippen molar-refractivity contribution in [3.8, 4) is 0 Å². The SMILES string of the molecule is CCCCC[C@@H](O)/C=C\CCCC[C@H](CCN)CCC(=O)O. The van der Waals surface area contributed by atoms with E-state index in [4.69, 9.17) is 10.8 Å². The number of aliphatic hydroxyl groups is 1. The van der Waals surface area contributed by atoms with Gasteiger partial charge in [-0.3, -0.25) is 4.79 Å². The summed E-state index contributed by atoms with van der Waals surface area (Å²) in [6.45, 7) is 2.80. The Morgan fingerprint density at radius 1 is 1.09 bits per heavy atom. The summed E-state index contributed by atoms with van der Waals surface area (Å²) in [4.78, 5) is 10.6. The Hall–Kier alpha value is -0.870. The second-order valence-electron chi connectivity index (χ2n) is 6.15. The van der Waals surface area contributed by atoms with Crippen molar-refractivity contribution in [2.24, 2.45) is 11.7 Å². The van der Waals surface area contributed by atoms with Gasteiger partial charge in [-0.15, -0.1) is 0 Å². The first-order chi connectivity index (χ1) is 10.6. The Balaban J connectivity index is 3.68. The lowest BCUT2D eigenvalue weighted by molar-refractivity contribution is -0.137. The summed E-state index contributed by atoms with van der Waals surface area (Å²) in [5.74, 6) is -0.285. The molecule has 0 radical (unpaired) electrons. The average molecular weight is 313 g/mol. The zero-order chi connectivity index (χ0) is 16.6. The van der Waals surface area contributed by atoms with E-state index in [-0.39, 0.29) is 12.5 Å². The van der Waals surface area contributed by atoms with Crippen molar-refractivity contribution in [1.29, 1.82) is 0 Å². The second-order valence-corrected chi connectivity index (χ2v) is 6.15. The van der Waals surface area contributed by atoms with E-state index in [2.05, 4.69) is 13.0 Å². The predicted molar refractivity (Wildman–Crippen MR) is 91.8 cm³/mol. The summed E-state index contributed by atoms with van der Waals surface area (Å²) < 4.78 is 0. The van der Waals surface area contributed by atoms with Gasteiger partial charge in [-0.05, 0) is 44.6 Å². The van der Waals surface area contributed by atoms with Crippen LogP contribution in [-0.2, 0) is 4.79 Å². The second kappa shape index (κ2) is 15.0. The highest BCUT2D eigenvalue weighted by Gasteiger charge is 2.09. The Morgan fingerprint density at radius 3 is 2.45 bits per heavy atom. The van der Waals surface area contributed by atoms with Crippen LogP contribution in [0.2, 0.25) is 0 Å². The van der Waals surface area contributed by atoms with Gasteiger partial charge in [0.2, 0.25) is 0 Å². The number of aliphatic carboxylic acids is 1. The fourth-order valence-corrected chi connectivity index (χ4v) is 2.64. The summed E-state index contributed by atoms with van der Waals surface area (Å²) in [6, 6.07) is 0. The minimum Gasteiger partial charge on any atom is -0.481 e. The summed E-state index contributed by atoms with van der Waals surface area (Å²) in [7, 11) is 0. The maximum atomic E-state index is 10.6. The van der Waals surface area contributed by atoms with Gasteiger partial charge in [0, 0.05) is 6.42 Å². The molecular formula is C18H35NO3. The van der Waals surface area contributed by atoms with E-state index < -0.39 is 5.97 Å². The molecule has 4 heteroatoms. The Labute approximate surface area is 135 Å². The van der Waals surface area contributed by atoms with Crippen molar-refractivity contribution in [3.63, 3.8) is 0 Å². The molecule has 0 spiro atoms. The summed E-state index contributed by atoms with van der Waals surface area (Å²) in [5.41, 5.74) is 5.58. The van der Waals surface area contributed by atoms with E-state index in [1.807, 2.05) is 6.08 Å². The van der Waals surface area contributed by atoms with Crippen LogP contribution in [0.4, 0.5) is 0 Å². The summed E-state index contributed by atoms with van der Waals surface area (Å²) in [6.07, 6.45) is 14.1. The predicted octanol–water partition coefficient (Wildman–Crippen LogP) is 3.87. The van der Waals surface area contributed by atoms with Gasteiger partial charge >= 0.3 is 5.97 Å². The molecule has 0 aromatic heterocycles. The molecule has 0 aromatic rings. The molecule has 0 aliphatic heterocycles. The van der Waals surface area contributed by atoms with Crippen LogP contribution < -0.4 is 5.73 Å². The quantitative estimate of drug-likeness (QED) is 0.316. The zero-order valence-electron chi connectivity index (χ0n) is 14.2. The van der Waals surface area contributed by atoms with Crippen LogP contribution >= 0.6 is 0 Å². The van der Waals surface area contributed by atoms with Crippen LogP contribution in [0, 0.1) is 5.92 Å². The topological polar surface area (TPSA) is 83.5 Å². The molecule has 0 unspecified atom stereocenters. The lowest BCUT2D eigenvalue weighted by Crippen LogP contribution is -2.10. The first-order valence-corrected chi connectivity index (χ1v) is 8.86. The smallest absolute Gasteiger partial charge is 0.303 e. The molecule has 2 atom stereocenters. The standard InChI is InChI=1S/C18H35NO3/c1-2-3-6-10-17(20)11-8-5-4-7-9-16(14-15-19)12-13-18(21)22/h8,11,16-17,20H,2-7,9-10,12-15,19H2,1H3,(H,21,22)/b11-8-/t16-,17+/m0/s1. The number of hydrogen-bond donors (Lipinski definition) is 3. The molecule has 4 nitrogen and oxygen atoms in total. The van der Waals surface area contributed by atoms with E-state index in [1.54, 1.807) is 0 Å². The van der Waals surface area contributed by atoms with E-state index >= 15 is 0 Å². The van der Waals surface area contributed by atoms with E-state index in [0.29, 0.717) is 12.5 Å². The number of nitrogens with two attached hydrogens (primary N) is 1. The van der Waals surface area contributed by atoms with Crippen molar-refractivity contribution in [2.45, 2.75) is 83.7 Å². The van der Waals surface area contributed by atoms with E-state index in [9.17, 15) is 9.90 Å². The summed E-state index contributed by atoms with van der Waals surface area (Å²) in [5, 5.41) is 18.5. The van der Waals surface area contributed by atoms with E-state index in [0.717, 1.165) is 51.4 Å². The molecule has 130 valence electrons. The maximum Gasteiger partial charge on any atom is 0.303 e. The number of carbonyl (C=O) groups is 1. The van der Waals surface area contributed by atoms with Crippen LogP contribution in [-0.4, -0.2) is 28.8 Å². The Bertz CT molecular complexity index is 292. The number of hydrogen-bond acceptors (Lipinski definition) is 3. The molecule has 0 rings (SSSR count). The molecule has 0 aliphatic rings. The highest BCUT2D eigenvalue weighted by molar-refractivity contribution is 5.66. The van der Waals surface area contributed by atoms with Crippen molar-refractivity contribution < 1.29 is 15.0 Å². The van der Waals surface area contributed by atoms with Crippen molar-refractivity contribution in [1.82, 2.24) is 0 Å². The number of unbranched alkanes of at least 4 members (excludes halogenated alkanes) is 4. The highest BCUT2D eigenvalue weighted by atomic mass is 16.4. The average Bonchev–Trinajstić information content (AvgIpc) is 2.48. The first kappa shape index (κ1) is 21.1. The number of carboxylic acid groups (broad SMARTS) is 1. The third-order valence-corrected chi connectivity index (χ3v) is 4.04. The Morgan fingerprint density at radius 2 is 1.82 bits per heavy atom.